The highest BCUT2D eigenvalue weighted by Gasteiger charge is 2.00. The van der Waals surface area contributed by atoms with E-state index in [-0.39, 0.29) is 0 Å². The van der Waals surface area contributed by atoms with Crippen LogP contribution in [0.1, 0.15) is 18.4 Å². The van der Waals surface area contributed by atoms with Gasteiger partial charge in [0.1, 0.15) is 11.6 Å². The molecule has 1 rings (SSSR count). The van der Waals surface area contributed by atoms with E-state index in [0.29, 0.717) is 25.5 Å². The number of aryl methyl sites for hydroxylation is 1. The molecule has 1 aromatic rings. The lowest BCUT2D eigenvalue weighted by molar-refractivity contribution is 0.149. The van der Waals surface area contributed by atoms with E-state index in [9.17, 15) is 0 Å². The summed E-state index contributed by atoms with van der Waals surface area (Å²) in [5.74, 6) is 6.67. The lowest BCUT2D eigenvalue weighted by Gasteiger charge is -2.05. The van der Waals surface area contributed by atoms with E-state index < -0.39 is 0 Å². The molecule has 5 nitrogen and oxygen atoms in total. The summed E-state index contributed by atoms with van der Waals surface area (Å²) in [5.41, 5.74) is 3.41. The predicted octanol–water partition coefficient (Wildman–Crippen LogP) is 0.650. The first-order valence-electron chi connectivity index (χ1n) is 4.65. The van der Waals surface area contributed by atoms with Crippen LogP contribution in [0.25, 0.3) is 0 Å². The van der Waals surface area contributed by atoms with Crippen molar-refractivity contribution < 1.29 is 4.74 Å². The minimum absolute atomic E-state index is 0.643. The zero-order valence-corrected chi connectivity index (χ0v) is 8.58. The molecule has 0 unspecified atom stereocenters. The molecule has 3 N–H and O–H groups in total. The zero-order valence-electron chi connectivity index (χ0n) is 8.58. The summed E-state index contributed by atoms with van der Waals surface area (Å²) in [6.07, 6.45) is 0.713. The second kappa shape index (κ2) is 5.51. The highest BCUT2D eigenvalue weighted by atomic mass is 16.5. The van der Waals surface area contributed by atoms with Crippen molar-refractivity contribution in [2.24, 2.45) is 5.84 Å². The highest BCUT2D eigenvalue weighted by molar-refractivity contribution is 5.33. The molecular weight excluding hydrogens is 180 g/mol. The third-order valence-corrected chi connectivity index (χ3v) is 1.72. The van der Waals surface area contributed by atoms with E-state index in [2.05, 4.69) is 15.4 Å². The van der Waals surface area contributed by atoms with Gasteiger partial charge in [-0.15, -0.1) is 0 Å². The number of ether oxygens (including phenoxy) is 1. The first kappa shape index (κ1) is 10.9. The van der Waals surface area contributed by atoms with Crippen molar-refractivity contribution in [1.82, 2.24) is 9.97 Å². The molecule has 0 amide bonds. The van der Waals surface area contributed by atoms with Gasteiger partial charge < -0.3 is 10.2 Å². The second-order valence-corrected chi connectivity index (χ2v) is 2.90. The molecule has 0 radical (unpaired) electrons. The molecule has 0 bridgehead atoms. The maximum Gasteiger partial charge on any atom is 0.143 e. The van der Waals surface area contributed by atoms with Gasteiger partial charge in [-0.3, -0.25) is 0 Å². The summed E-state index contributed by atoms with van der Waals surface area (Å²) in [7, 11) is 0. The van der Waals surface area contributed by atoms with E-state index in [0.717, 1.165) is 11.5 Å². The number of hydrogen-bond donors (Lipinski definition) is 2. The molecule has 1 aromatic heterocycles. The van der Waals surface area contributed by atoms with Crippen LogP contribution in [0.3, 0.4) is 0 Å². The molecule has 0 aliphatic rings. The van der Waals surface area contributed by atoms with Crippen molar-refractivity contribution in [3.63, 3.8) is 0 Å². The molecule has 14 heavy (non-hydrogen) atoms. The fourth-order valence-electron chi connectivity index (χ4n) is 1.12. The number of nitrogens with two attached hydrogens (primary N) is 1. The van der Waals surface area contributed by atoms with Crippen LogP contribution < -0.4 is 11.3 Å². The number of nitrogen functional groups attached to an aromatic ring is 1. The van der Waals surface area contributed by atoms with Gasteiger partial charge in [0.15, 0.2) is 0 Å². The number of nitrogens with zero attached hydrogens (tertiary/aromatic N) is 2. The number of anilines is 1. The molecule has 5 heteroatoms. The van der Waals surface area contributed by atoms with Gasteiger partial charge in [-0.25, -0.2) is 15.8 Å². The first-order valence-corrected chi connectivity index (χ1v) is 4.65. The molecule has 0 aromatic carbocycles. The van der Waals surface area contributed by atoms with Gasteiger partial charge in [-0.2, -0.15) is 0 Å². The number of rotatable bonds is 5. The molecular formula is C9H16N4O. The van der Waals surface area contributed by atoms with E-state index >= 15 is 0 Å². The average Bonchev–Trinajstić information content (AvgIpc) is 2.17. The summed E-state index contributed by atoms with van der Waals surface area (Å²) in [6.45, 7) is 5.23. The van der Waals surface area contributed by atoms with Gasteiger partial charge in [0.05, 0.1) is 6.61 Å². The van der Waals surface area contributed by atoms with Crippen molar-refractivity contribution >= 4 is 5.82 Å². The van der Waals surface area contributed by atoms with Crippen LogP contribution in [0.15, 0.2) is 6.07 Å². The zero-order chi connectivity index (χ0) is 10.4. The van der Waals surface area contributed by atoms with Crippen LogP contribution in [-0.4, -0.2) is 23.2 Å². The quantitative estimate of drug-likeness (QED) is 0.411. The number of aromatic nitrogens is 2. The Morgan fingerprint density at radius 2 is 2.29 bits per heavy atom. The minimum atomic E-state index is 0.643. The molecule has 78 valence electrons. The van der Waals surface area contributed by atoms with Crippen LogP contribution in [0.2, 0.25) is 0 Å². The van der Waals surface area contributed by atoms with Gasteiger partial charge in [-0.05, 0) is 13.8 Å². The molecule has 0 spiro atoms. The summed E-state index contributed by atoms with van der Waals surface area (Å²) in [6, 6.07) is 1.80. The Balaban J connectivity index is 2.62. The molecule has 0 aliphatic carbocycles. The second-order valence-electron chi connectivity index (χ2n) is 2.90. The Morgan fingerprint density at radius 1 is 1.50 bits per heavy atom. The lowest BCUT2D eigenvalue weighted by Crippen LogP contribution is -2.12. The largest absolute Gasteiger partial charge is 0.381 e. The summed E-state index contributed by atoms with van der Waals surface area (Å²) >= 11 is 0. The van der Waals surface area contributed by atoms with Crippen LogP contribution in [-0.2, 0) is 11.2 Å². The van der Waals surface area contributed by atoms with Gasteiger partial charge >= 0.3 is 0 Å². The third-order valence-electron chi connectivity index (χ3n) is 1.72. The van der Waals surface area contributed by atoms with E-state index in [1.54, 1.807) is 6.07 Å². The minimum Gasteiger partial charge on any atom is -0.381 e. The fraction of sp³-hybridized carbons (Fsp3) is 0.556. The van der Waals surface area contributed by atoms with Crippen molar-refractivity contribution in [2.75, 3.05) is 18.6 Å². The Bertz CT molecular complexity index is 290. The molecule has 0 saturated carbocycles. The van der Waals surface area contributed by atoms with Crippen LogP contribution in [0.5, 0.6) is 0 Å². The first-order chi connectivity index (χ1) is 6.76. The molecule has 0 atom stereocenters. The van der Waals surface area contributed by atoms with Crippen molar-refractivity contribution in [3.8, 4) is 0 Å². The Kier molecular flexibility index (Phi) is 4.28. The fourth-order valence-corrected chi connectivity index (χ4v) is 1.12. The van der Waals surface area contributed by atoms with Crippen molar-refractivity contribution in [1.29, 1.82) is 0 Å². The normalized spacial score (nSPS) is 10.2. The number of hydrogen-bond acceptors (Lipinski definition) is 5. The van der Waals surface area contributed by atoms with E-state index in [1.165, 1.54) is 0 Å². The van der Waals surface area contributed by atoms with Crippen LogP contribution in [0, 0.1) is 6.92 Å². The van der Waals surface area contributed by atoms with Gasteiger partial charge in [0.2, 0.25) is 0 Å². The molecule has 1 heterocycles. The SMILES string of the molecule is CCOCCc1nc(C)cc(NN)n1. The molecule has 0 aliphatic heterocycles. The van der Waals surface area contributed by atoms with Gasteiger partial charge in [0.25, 0.3) is 0 Å². The smallest absolute Gasteiger partial charge is 0.143 e. The maximum absolute atomic E-state index is 5.27. The van der Waals surface area contributed by atoms with E-state index in [4.69, 9.17) is 10.6 Å². The van der Waals surface area contributed by atoms with Gasteiger partial charge in [0, 0.05) is 24.8 Å². The molecule has 0 saturated heterocycles. The Labute approximate surface area is 83.7 Å². The third kappa shape index (κ3) is 3.27. The molecule has 0 fully saturated rings. The highest BCUT2D eigenvalue weighted by Crippen LogP contribution is 2.04. The summed E-state index contributed by atoms with van der Waals surface area (Å²) in [4.78, 5) is 8.46. The average molecular weight is 196 g/mol. The number of nitrogens with one attached hydrogen (secondary N) is 1. The standard InChI is InChI=1S/C9H16N4O/c1-3-14-5-4-8-11-7(2)6-9(12-8)13-10/h6H,3-5,10H2,1-2H3,(H,11,12,13). The Morgan fingerprint density at radius 3 is 2.93 bits per heavy atom. The maximum atomic E-state index is 5.27. The summed E-state index contributed by atoms with van der Waals surface area (Å²) in [5, 5.41) is 0. The summed E-state index contributed by atoms with van der Waals surface area (Å²) < 4.78 is 5.22. The Hall–Kier alpha value is -1.20. The van der Waals surface area contributed by atoms with Crippen LogP contribution >= 0.6 is 0 Å². The van der Waals surface area contributed by atoms with Gasteiger partial charge in [-0.1, -0.05) is 0 Å². The van der Waals surface area contributed by atoms with E-state index in [1.807, 2.05) is 13.8 Å². The van der Waals surface area contributed by atoms with Crippen molar-refractivity contribution in [2.45, 2.75) is 20.3 Å². The van der Waals surface area contributed by atoms with Crippen molar-refractivity contribution in [3.05, 3.63) is 17.6 Å². The van der Waals surface area contributed by atoms with Crippen LogP contribution in [0.4, 0.5) is 5.82 Å². The number of hydrazine groups is 1. The topological polar surface area (TPSA) is 73.1 Å². The predicted molar refractivity (Wildman–Crippen MR) is 54.8 cm³/mol. The monoisotopic (exact) mass is 196 g/mol. The lowest BCUT2D eigenvalue weighted by atomic mass is 10.3.